The van der Waals surface area contributed by atoms with Crippen LogP contribution in [0.1, 0.15) is 0 Å². The van der Waals surface area contributed by atoms with Gasteiger partial charge < -0.3 is 8.98 Å². The summed E-state index contributed by atoms with van der Waals surface area (Å²) in [4.78, 5) is 5.48. The van der Waals surface area contributed by atoms with Gasteiger partial charge in [0.05, 0.1) is 27.5 Å². The number of aromatic nitrogens is 4. The third-order valence-electron chi connectivity index (χ3n) is 12.4. The molecule has 4 aromatic heterocycles. The van der Waals surface area contributed by atoms with Crippen molar-refractivity contribution in [3.05, 3.63) is 212 Å². The van der Waals surface area contributed by atoms with Crippen molar-refractivity contribution < 1.29 is 8.98 Å². The van der Waals surface area contributed by atoms with Gasteiger partial charge >= 0.3 is 0 Å². The number of nitrogens with zero attached hydrogens (tertiary/aromatic N) is 4. The maximum Gasteiger partial charge on any atom is 0.237 e. The van der Waals surface area contributed by atoms with Crippen LogP contribution in [-0.4, -0.2) is 14.1 Å². The van der Waals surface area contributed by atoms with Gasteiger partial charge in [0.1, 0.15) is 16.7 Å². The van der Waals surface area contributed by atoms with E-state index in [2.05, 4.69) is 220 Å². The number of benzene rings is 9. The van der Waals surface area contributed by atoms with E-state index < -0.39 is 0 Å². The topological polar surface area (TPSA) is 39.8 Å². The molecule has 0 amide bonds. The highest BCUT2D eigenvalue weighted by Gasteiger charge is 2.26. The molecular formula is C56H35N4O+. The Hall–Kier alpha value is -8.28. The van der Waals surface area contributed by atoms with Crippen LogP contribution in [0.5, 0.6) is 0 Å². The first-order chi connectivity index (χ1) is 30.3. The van der Waals surface area contributed by atoms with Crippen LogP contribution in [0.25, 0.3) is 116 Å². The zero-order valence-corrected chi connectivity index (χ0v) is 32.9. The molecule has 5 nitrogen and oxygen atoms in total. The third kappa shape index (κ3) is 5.08. The van der Waals surface area contributed by atoms with Crippen molar-refractivity contribution in [2.45, 2.75) is 0 Å². The predicted molar refractivity (Wildman–Crippen MR) is 250 cm³/mol. The Bertz CT molecular complexity index is 3860. The van der Waals surface area contributed by atoms with E-state index in [1.54, 1.807) is 0 Å². The van der Waals surface area contributed by atoms with Gasteiger partial charge in [-0.15, -0.1) is 0 Å². The van der Waals surface area contributed by atoms with Crippen molar-refractivity contribution in [3.8, 4) is 39.4 Å². The van der Waals surface area contributed by atoms with E-state index in [-0.39, 0.29) is 0 Å². The van der Waals surface area contributed by atoms with Crippen molar-refractivity contribution in [1.29, 1.82) is 0 Å². The van der Waals surface area contributed by atoms with Crippen LogP contribution >= 0.6 is 0 Å². The van der Waals surface area contributed by atoms with Crippen molar-refractivity contribution in [2.75, 3.05) is 0 Å². The fraction of sp³-hybridized carbons (Fsp3) is 0. The Kier molecular flexibility index (Phi) is 7.24. The normalized spacial score (nSPS) is 11.9. The molecule has 4 heterocycles. The van der Waals surface area contributed by atoms with Gasteiger partial charge in [-0.25, -0.2) is 4.98 Å². The van der Waals surface area contributed by atoms with Gasteiger partial charge in [0.15, 0.2) is 0 Å². The molecular weight excluding hydrogens is 745 g/mol. The molecule has 0 N–H and O–H groups in total. The first-order valence-electron chi connectivity index (χ1n) is 20.7. The molecule has 5 heteroatoms. The lowest BCUT2D eigenvalue weighted by molar-refractivity contribution is -0.567. The zero-order chi connectivity index (χ0) is 40.0. The second kappa shape index (κ2) is 13.1. The van der Waals surface area contributed by atoms with E-state index >= 15 is 0 Å². The van der Waals surface area contributed by atoms with E-state index in [0.29, 0.717) is 0 Å². The summed E-state index contributed by atoms with van der Waals surface area (Å²) in [6.07, 6.45) is 2.20. The van der Waals surface area contributed by atoms with Gasteiger partial charge in [-0.1, -0.05) is 127 Å². The Morgan fingerprint density at radius 3 is 1.89 bits per heavy atom. The molecule has 0 saturated heterocycles. The van der Waals surface area contributed by atoms with Gasteiger partial charge in [0.25, 0.3) is 0 Å². The summed E-state index contributed by atoms with van der Waals surface area (Å²) < 4.78 is 14.0. The Labute approximate surface area is 350 Å². The van der Waals surface area contributed by atoms with Gasteiger partial charge in [0.2, 0.25) is 23.2 Å². The zero-order valence-electron chi connectivity index (χ0n) is 32.9. The summed E-state index contributed by atoms with van der Waals surface area (Å²) in [6.45, 7) is 0. The standard InChI is InChI=1S/C56H35N4O/c1-3-14-36(15-4-1)38-26-28-40(29-27-38)58-35-52(57-46-22-9-11-24-48(46)58)60-47-23-10-7-20-42(47)44-30-32-49-53(55(44)60)54-50(33-31-45-43-21-8-12-25-51(43)61-56(45)54)59(49)41-19-13-18-39(34-41)37-16-5-2-6-17-37/h1-35H/q+1. The Morgan fingerprint density at radius 2 is 1.07 bits per heavy atom. The van der Waals surface area contributed by atoms with Crippen LogP contribution in [0, 0.1) is 0 Å². The number of hydrogen-bond acceptors (Lipinski definition) is 2. The van der Waals surface area contributed by atoms with Gasteiger partial charge in [-0.05, 0) is 82.9 Å². The minimum atomic E-state index is 0.827. The molecule has 0 aliphatic rings. The van der Waals surface area contributed by atoms with Gasteiger partial charge in [-0.2, -0.15) is 4.57 Å². The Balaban J connectivity index is 1.15. The maximum absolute atomic E-state index is 6.92. The van der Waals surface area contributed by atoms with Crippen molar-refractivity contribution in [3.63, 3.8) is 0 Å². The van der Waals surface area contributed by atoms with Crippen LogP contribution < -0.4 is 4.57 Å². The molecule has 0 aliphatic heterocycles. The third-order valence-corrected chi connectivity index (χ3v) is 12.4. The molecule has 0 atom stereocenters. The minimum Gasteiger partial charge on any atom is -0.455 e. The molecule has 13 rings (SSSR count). The van der Waals surface area contributed by atoms with Crippen molar-refractivity contribution >= 4 is 76.6 Å². The molecule has 9 aromatic carbocycles. The molecule has 0 fully saturated rings. The summed E-state index contributed by atoms with van der Waals surface area (Å²) in [6, 6.07) is 73.4. The largest absolute Gasteiger partial charge is 0.455 e. The Morgan fingerprint density at radius 1 is 0.426 bits per heavy atom. The lowest BCUT2D eigenvalue weighted by atomic mass is 10.1. The molecule has 0 saturated carbocycles. The first-order valence-corrected chi connectivity index (χ1v) is 20.7. The summed E-state index contributed by atoms with van der Waals surface area (Å²) in [7, 11) is 0. The van der Waals surface area contributed by atoms with Crippen LogP contribution in [0.4, 0.5) is 0 Å². The lowest BCUT2D eigenvalue weighted by Gasteiger charge is -2.11. The second-order valence-corrected chi connectivity index (χ2v) is 15.8. The van der Waals surface area contributed by atoms with Crippen LogP contribution in [0.2, 0.25) is 0 Å². The number of rotatable bonds is 5. The van der Waals surface area contributed by atoms with Crippen LogP contribution in [0.15, 0.2) is 217 Å². The summed E-state index contributed by atoms with van der Waals surface area (Å²) in [5, 5.41) is 6.72. The highest BCUT2D eigenvalue weighted by molar-refractivity contribution is 6.32. The molecule has 0 radical (unpaired) electrons. The molecule has 0 bridgehead atoms. The van der Waals surface area contributed by atoms with Crippen LogP contribution in [0.3, 0.4) is 0 Å². The molecule has 0 aliphatic carbocycles. The molecule has 0 unspecified atom stereocenters. The first kappa shape index (κ1) is 33.7. The fourth-order valence-electron chi connectivity index (χ4n) is 9.65. The second-order valence-electron chi connectivity index (χ2n) is 15.8. The summed E-state index contributed by atoms with van der Waals surface area (Å²) in [5.74, 6) is 0.827. The van der Waals surface area contributed by atoms with E-state index in [1.165, 1.54) is 16.7 Å². The summed E-state index contributed by atoms with van der Waals surface area (Å²) >= 11 is 0. The van der Waals surface area contributed by atoms with Crippen molar-refractivity contribution in [1.82, 2.24) is 14.1 Å². The molecule has 13 aromatic rings. The van der Waals surface area contributed by atoms with E-state index in [0.717, 1.165) is 99.3 Å². The van der Waals surface area contributed by atoms with E-state index in [9.17, 15) is 0 Å². The van der Waals surface area contributed by atoms with E-state index in [1.807, 2.05) is 6.07 Å². The SMILES string of the molecule is c1ccc(-c2ccc(-[n+]3cc(-n4c5ccccc5c5ccc6c(c7c8oc9ccccc9c8ccc7n6-c6cccc(-c7ccccc7)c6)c54)nc4ccccc43)cc2)cc1. The van der Waals surface area contributed by atoms with Gasteiger partial charge in [0, 0.05) is 50.8 Å². The van der Waals surface area contributed by atoms with Crippen molar-refractivity contribution in [2.24, 2.45) is 0 Å². The smallest absolute Gasteiger partial charge is 0.237 e. The monoisotopic (exact) mass is 779 g/mol. The van der Waals surface area contributed by atoms with E-state index in [4.69, 9.17) is 9.40 Å². The van der Waals surface area contributed by atoms with Crippen LogP contribution in [-0.2, 0) is 0 Å². The number of fused-ring (bicyclic) bond motifs is 12. The highest BCUT2D eigenvalue weighted by atomic mass is 16.3. The highest BCUT2D eigenvalue weighted by Crippen LogP contribution is 2.46. The molecule has 0 spiro atoms. The lowest BCUT2D eigenvalue weighted by Crippen LogP contribution is -2.32. The predicted octanol–water partition coefficient (Wildman–Crippen LogP) is 13.9. The van der Waals surface area contributed by atoms with Gasteiger partial charge in [-0.3, -0.25) is 4.57 Å². The maximum atomic E-state index is 6.92. The average molecular weight is 780 g/mol. The number of furan rings is 1. The summed E-state index contributed by atoms with van der Waals surface area (Å²) in [5.41, 5.74) is 14.9. The molecule has 284 valence electrons. The minimum absolute atomic E-state index is 0.827. The quantitative estimate of drug-likeness (QED) is 0.163. The number of hydrogen-bond donors (Lipinski definition) is 0. The average Bonchev–Trinajstić information content (AvgIpc) is 4.00. The fourth-order valence-corrected chi connectivity index (χ4v) is 9.65. The number of para-hydroxylation sites is 4. The molecule has 61 heavy (non-hydrogen) atoms.